The summed E-state index contributed by atoms with van der Waals surface area (Å²) >= 11 is 6.05. The fourth-order valence-electron chi connectivity index (χ4n) is 3.29. The van der Waals surface area contributed by atoms with Crippen LogP contribution in [0, 0.1) is 0 Å². The molecular formula is C23H20ClN3O5S. The second-order valence-electron chi connectivity index (χ2n) is 7.26. The molecule has 1 amide bonds. The molecule has 0 radical (unpaired) electrons. The molecule has 1 aliphatic rings. The summed E-state index contributed by atoms with van der Waals surface area (Å²) in [5.41, 5.74) is 2.09. The molecule has 4 rings (SSSR count). The number of nitrogens with one attached hydrogen (secondary N) is 3. The minimum absolute atomic E-state index is 0.175. The molecule has 3 aromatic rings. The molecule has 0 saturated carbocycles. The lowest BCUT2D eigenvalue weighted by Crippen LogP contribution is -2.38. The van der Waals surface area contributed by atoms with Gasteiger partial charge in [-0.25, -0.2) is 13.2 Å². The molecule has 8 nitrogen and oxygen atoms in total. The summed E-state index contributed by atoms with van der Waals surface area (Å²) < 4.78 is 32.6. The van der Waals surface area contributed by atoms with E-state index in [9.17, 15) is 18.0 Å². The maximum absolute atomic E-state index is 12.5. The van der Waals surface area contributed by atoms with E-state index < -0.39 is 34.7 Å². The van der Waals surface area contributed by atoms with Gasteiger partial charge in [0.1, 0.15) is 11.1 Å². The molecule has 0 bridgehead atoms. The lowest BCUT2D eigenvalue weighted by Gasteiger charge is -2.28. The van der Waals surface area contributed by atoms with E-state index in [1.165, 1.54) is 18.2 Å². The third-order valence-electron chi connectivity index (χ3n) is 5.00. The van der Waals surface area contributed by atoms with Crippen molar-refractivity contribution in [3.8, 4) is 0 Å². The van der Waals surface area contributed by atoms with E-state index in [-0.39, 0.29) is 17.0 Å². The molecule has 1 atom stereocenters. The fourth-order valence-corrected chi connectivity index (χ4v) is 4.80. The summed E-state index contributed by atoms with van der Waals surface area (Å²) in [4.78, 5) is 24.4. The van der Waals surface area contributed by atoms with Crippen molar-refractivity contribution in [2.24, 2.45) is 0 Å². The van der Waals surface area contributed by atoms with Crippen LogP contribution in [0.15, 0.2) is 77.7 Å². The largest absolute Gasteiger partial charge is 0.452 e. The molecule has 0 aromatic heterocycles. The standard InChI is InChI=1S/C23H20ClN3O5S/c24-18-6-2-1-5-17(18)13-25-21(28)14-32-23(29)16-11-9-15(10-12-16)22-26-19-7-3-4-8-20(19)33(30,31)27-22/h1-12,22,26-27H,13-14H2,(H,25,28)/t22-/m1/s1. The normalized spacial score (nSPS) is 16.2. The predicted octanol–water partition coefficient (Wildman–Crippen LogP) is 3.22. The van der Waals surface area contributed by atoms with Crippen LogP contribution in [0.25, 0.3) is 0 Å². The van der Waals surface area contributed by atoms with Crippen LogP contribution in [-0.2, 0) is 26.1 Å². The van der Waals surface area contributed by atoms with Gasteiger partial charge in [-0.15, -0.1) is 0 Å². The van der Waals surface area contributed by atoms with Gasteiger partial charge < -0.3 is 15.4 Å². The van der Waals surface area contributed by atoms with Gasteiger partial charge in [-0.3, -0.25) is 4.79 Å². The van der Waals surface area contributed by atoms with Crippen molar-refractivity contribution in [3.05, 3.63) is 94.5 Å². The molecule has 33 heavy (non-hydrogen) atoms. The van der Waals surface area contributed by atoms with Crippen LogP contribution in [0.4, 0.5) is 5.69 Å². The first-order valence-electron chi connectivity index (χ1n) is 9.98. The number of anilines is 1. The van der Waals surface area contributed by atoms with Gasteiger partial charge in [0, 0.05) is 11.6 Å². The number of hydrogen-bond donors (Lipinski definition) is 3. The summed E-state index contributed by atoms with van der Waals surface area (Å²) in [5.74, 6) is -1.13. The average molecular weight is 486 g/mol. The Morgan fingerprint density at radius 2 is 1.67 bits per heavy atom. The number of carbonyl (C=O) groups excluding carboxylic acids is 2. The Kier molecular flexibility index (Phi) is 6.64. The minimum Gasteiger partial charge on any atom is -0.452 e. The number of halogens is 1. The van der Waals surface area contributed by atoms with Crippen LogP contribution < -0.4 is 15.4 Å². The number of para-hydroxylation sites is 1. The third-order valence-corrected chi connectivity index (χ3v) is 6.85. The number of esters is 1. The number of carbonyl (C=O) groups is 2. The van der Waals surface area contributed by atoms with E-state index in [1.807, 2.05) is 6.07 Å². The van der Waals surface area contributed by atoms with Gasteiger partial charge in [0.2, 0.25) is 10.0 Å². The maximum Gasteiger partial charge on any atom is 0.338 e. The summed E-state index contributed by atoms with van der Waals surface area (Å²) in [6, 6.07) is 20.0. The van der Waals surface area contributed by atoms with Gasteiger partial charge in [-0.2, -0.15) is 4.72 Å². The number of amides is 1. The van der Waals surface area contributed by atoms with Gasteiger partial charge in [0.15, 0.2) is 6.61 Å². The van der Waals surface area contributed by atoms with Crippen LogP contribution in [0.3, 0.4) is 0 Å². The van der Waals surface area contributed by atoms with Crippen molar-refractivity contribution in [2.75, 3.05) is 11.9 Å². The van der Waals surface area contributed by atoms with Crippen LogP contribution in [0.5, 0.6) is 0 Å². The lowest BCUT2D eigenvalue weighted by atomic mass is 10.1. The number of hydrogen-bond acceptors (Lipinski definition) is 6. The fraction of sp³-hybridized carbons (Fsp3) is 0.130. The Morgan fingerprint density at radius 3 is 2.42 bits per heavy atom. The number of rotatable bonds is 6. The van der Waals surface area contributed by atoms with Crippen molar-refractivity contribution in [3.63, 3.8) is 0 Å². The van der Waals surface area contributed by atoms with Gasteiger partial charge in [-0.05, 0) is 41.5 Å². The van der Waals surface area contributed by atoms with Crippen LogP contribution in [0.1, 0.15) is 27.7 Å². The van der Waals surface area contributed by atoms with Crippen molar-refractivity contribution in [1.82, 2.24) is 10.0 Å². The number of fused-ring (bicyclic) bond motifs is 1. The Balaban J connectivity index is 1.33. The first kappa shape index (κ1) is 22.8. The third kappa shape index (κ3) is 5.33. The van der Waals surface area contributed by atoms with E-state index in [2.05, 4.69) is 15.4 Å². The summed E-state index contributed by atoms with van der Waals surface area (Å²) in [5, 5.41) is 6.30. The molecule has 0 unspecified atom stereocenters. The molecule has 10 heteroatoms. The molecule has 0 saturated heterocycles. The van der Waals surface area contributed by atoms with Gasteiger partial charge >= 0.3 is 5.97 Å². The van der Waals surface area contributed by atoms with Gasteiger partial charge in [0.05, 0.1) is 11.3 Å². The highest BCUT2D eigenvalue weighted by Crippen LogP contribution is 2.30. The Hall–Kier alpha value is -3.40. The SMILES string of the molecule is O=C(COC(=O)c1ccc([C@@H]2Nc3ccccc3S(=O)(=O)N2)cc1)NCc1ccccc1Cl. The minimum atomic E-state index is -3.67. The van der Waals surface area contributed by atoms with E-state index in [4.69, 9.17) is 16.3 Å². The number of benzene rings is 3. The highest BCUT2D eigenvalue weighted by molar-refractivity contribution is 7.89. The quantitative estimate of drug-likeness (QED) is 0.462. The van der Waals surface area contributed by atoms with Gasteiger partial charge in [-0.1, -0.05) is 54.1 Å². The predicted molar refractivity (Wildman–Crippen MR) is 123 cm³/mol. The summed E-state index contributed by atoms with van der Waals surface area (Å²) in [6.45, 7) is -0.218. The first-order valence-corrected chi connectivity index (χ1v) is 11.8. The monoisotopic (exact) mass is 485 g/mol. The highest BCUT2D eigenvalue weighted by Gasteiger charge is 2.29. The van der Waals surface area contributed by atoms with Crippen LogP contribution in [0.2, 0.25) is 5.02 Å². The van der Waals surface area contributed by atoms with E-state index in [0.717, 1.165) is 5.56 Å². The topological polar surface area (TPSA) is 114 Å². The average Bonchev–Trinajstić information content (AvgIpc) is 2.81. The van der Waals surface area contributed by atoms with E-state index >= 15 is 0 Å². The highest BCUT2D eigenvalue weighted by atomic mass is 35.5. The first-order chi connectivity index (χ1) is 15.8. The van der Waals surface area contributed by atoms with Gasteiger partial charge in [0.25, 0.3) is 5.91 Å². The second kappa shape index (κ2) is 9.62. The van der Waals surface area contributed by atoms with E-state index in [0.29, 0.717) is 16.3 Å². The molecule has 1 aliphatic heterocycles. The Bertz CT molecular complexity index is 1300. The molecule has 170 valence electrons. The lowest BCUT2D eigenvalue weighted by molar-refractivity contribution is -0.124. The maximum atomic E-state index is 12.5. The van der Waals surface area contributed by atoms with Crippen molar-refractivity contribution in [1.29, 1.82) is 0 Å². The summed E-state index contributed by atoms with van der Waals surface area (Å²) in [7, 11) is -3.67. The van der Waals surface area contributed by atoms with Crippen LogP contribution >= 0.6 is 11.6 Å². The van der Waals surface area contributed by atoms with E-state index in [1.54, 1.807) is 48.5 Å². The number of sulfonamides is 1. The zero-order valence-electron chi connectivity index (χ0n) is 17.2. The van der Waals surface area contributed by atoms with Crippen molar-refractivity contribution in [2.45, 2.75) is 17.6 Å². The Labute approximate surface area is 196 Å². The second-order valence-corrected chi connectivity index (χ2v) is 9.35. The molecule has 3 aromatic carbocycles. The molecule has 3 N–H and O–H groups in total. The smallest absolute Gasteiger partial charge is 0.338 e. The Morgan fingerprint density at radius 1 is 0.970 bits per heavy atom. The number of ether oxygens (including phenoxy) is 1. The van der Waals surface area contributed by atoms with Crippen molar-refractivity contribution >= 4 is 39.2 Å². The summed E-state index contributed by atoms with van der Waals surface area (Å²) in [6.07, 6.45) is -0.689. The van der Waals surface area contributed by atoms with Crippen LogP contribution in [-0.4, -0.2) is 26.9 Å². The zero-order chi connectivity index (χ0) is 23.4. The molecule has 0 fully saturated rings. The zero-order valence-corrected chi connectivity index (χ0v) is 18.8. The molecule has 0 spiro atoms. The van der Waals surface area contributed by atoms with Crippen molar-refractivity contribution < 1.29 is 22.7 Å². The molecule has 0 aliphatic carbocycles. The molecule has 1 heterocycles. The molecular weight excluding hydrogens is 466 g/mol.